The van der Waals surface area contributed by atoms with Crippen LogP contribution >= 0.6 is 0 Å². The molecule has 0 saturated carbocycles. The first-order valence-corrected chi connectivity index (χ1v) is 9.43. The molecule has 1 heterocycles. The Morgan fingerprint density at radius 3 is 2.61 bits per heavy atom. The average Bonchev–Trinajstić information content (AvgIpc) is 2.67. The largest absolute Gasteiger partial charge is 0.535 e. The van der Waals surface area contributed by atoms with Gasteiger partial charge in [0.15, 0.2) is 5.78 Å². The highest BCUT2D eigenvalue weighted by molar-refractivity contribution is 6.47. The van der Waals surface area contributed by atoms with Gasteiger partial charge in [-0.25, -0.2) is 0 Å². The molecule has 1 aliphatic heterocycles. The molecule has 5 N–H and O–H groups in total. The molecule has 0 radical (unpaired) electrons. The van der Waals surface area contributed by atoms with Crippen LogP contribution in [0.2, 0.25) is 5.82 Å². The molecule has 0 spiro atoms. The van der Waals surface area contributed by atoms with E-state index in [0.717, 1.165) is 22.3 Å². The molecule has 28 heavy (non-hydrogen) atoms. The minimum absolute atomic E-state index is 0.0160. The molecular weight excluding hydrogens is 355 g/mol. The number of carbonyl (C=O) groups excluding carboxylic acids is 2. The van der Waals surface area contributed by atoms with Crippen LogP contribution in [0.1, 0.15) is 46.0 Å². The van der Waals surface area contributed by atoms with E-state index in [1.165, 1.54) is 6.92 Å². The van der Waals surface area contributed by atoms with E-state index in [0.29, 0.717) is 30.8 Å². The number of rotatable bonds is 7. The maximum absolute atomic E-state index is 12.6. The van der Waals surface area contributed by atoms with Crippen molar-refractivity contribution in [2.75, 3.05) is 0 Å². The van der Waals surface area contributed by atoms with E-state index in [-0.39, 0.29) is 30.2 Å². The molecule has 2 aromatic rings. The predicted octanol–water partition coefficient (Wildman–Crippen LogP) is 1.79. The van der Waals surface area contributed by atoms with Crippen molar-refractivity contribution >= 4 is 18.7 Å². The van der Waals surface area contributed by atoms with E-state index in [4.69, 9.17) is 16.1 Å². The van der Waals surface area contributed by atoms with E-state index >= 15 is 0 Å². The summed E-state index contributed by atoms with van der Waals surface area (Å²) in [6.45, 7) is 2.25. The van der Waals surface area contributed by atoms with Gasteiger partial charge in [0.05, 0.1) is 5.56 Å². The van der Waals surface area contributed by atoms with Crippen molar-refractivity contribution in [1.82, 2.24) is 0 Å². The summed E-state index contributed by atoms with van der Waals surface area (Å²) in [4.78, 5) is 24.3. The highest BCUT2D eigenvalue weighted by Gasteiger charge is 2.37. The molecule has 0 saturated heterocycles. The van der Waals surface area contributed by atoms with Crippen molar-refractivity contribution in [3.63, 3.8) is 0 Å². The molecule has 146 valence electrons. The zero-order valence-corrected chi connectivity index (χ0v) is 16.0. The lowest BCUT2D eigenvalue weighted by Crippen LogP contribution is -2.36. The van der Waals surface area contributed by atoms with Crippen molar-refractivity contribution in [2.45, 2.75) is 45.1 Å². The minimum Gasteiger partial charge on any atom is -0.535 e. The number of carbonyl (C=O) groups is 2. The number of para-hydroxylation sites is 1. The normalized spacial score (nSPS) is 15.7. The van der Waals surface area contributed by atoms with Crippen molar-refractivity contribution in [3.05, 3.63) is 64.2 Å². The monoisotopic (exact) mass is 380 g/mol. The third-order valence-electron chi connectivity index (χ3n) is 5.20. The van der Waals surface area contributed by atoms with Crippen molar-refractivity contribution in [1.29, 1.82) is 0 Å². The van der Waals surface area contributed by atoms with E-state index < -0.39 is 7.12 Å². The van der Waals surface area contributed by atoms with Crippen LogP contribution in [-0.2, 0) is 30.7 Å². The fourth-order valence-corrected chi connectivity index (χ4v) is 3.71. The lowest BCUT2D eigenvalue weighted by molar-refractivity contribution is -0.118. The first-order valence-electron chi connectivity index (χ1n) is 9.43. The standard InChI is InChI=1S/C21H25BN2O4/c1-13(25)20-4-2-3-15-9-18(22(27)28-21(15)20)10-19(26)8-14-5-6-16(11-23)17(7-14)12-24/h2-7,18,27H,8-12,23-24H2,1H3/t18-/m1/s1. The van der Waals surface area contributed by atoms with Gasteiger partial charge in [-0.15, -0.1) is 0 Å². The van der Waals surface area contributed by atoms with E-state index in [2.05, 4.69) is 0 Å². The molecular formula is C21H25BN2O4. The molecule has 1 atom stereocenters. The molecule has 0 fully saturated rings. The number of nitrogens with two attached hydrogens (primary N) is 2. The van der Waals surface area contributed by atoms with Gasteiger partial charge in [-0.2, -0.15) is 0 Å². The number of benzene rings is 2. The quantitative estimate of drug-likeness (QED) is 0.498. The Bertz CT molecular complexity index is 900. The number of ketones is 2. The second kappa shape index (κ2) is 8.69. The van der Waals surface area contributed by atoms with Gasteiger partial charge < -0.3 is 21.1 Å². The van der Waals surface area contributed by atoms with Gasteiger partial charge in [-0.3, -0.25) is 9.59 Å². The van der Waals surface area contributed by atoms with E-state index in [1.54, 1.807) is 12.1 Å². The lowest BCUT2D eigenvalue weighted by Gasteiger charge is -2.28. The van der Waals surface area contributed by atoms with Gasteiger partial charge in [0.25, 0.3) is 0 Å². The molecule has 3 rings (SSSR count). The Hall–Kier alpha value is -2.48. The van der Waals surface area contributed by atoms with Gasteiger partial charge in [-0.1, -0.05) is 30.3 Å². The Kier molecular flexibility index (Phi) is 6.29. The van der Waals surface area contributed by atoms with Gasteiger partial charge in [0.1, 0.15) is 11.5 Å². The SMILES string of the molecule is CC(=O)c1cccc2c1OB(O)[C@@H](CC(=O)Cc1ccc(CN)c(CN)c1)C2. The summed E-state index contributed by atoms with van der Waals surface area (Å²) < 4.78 is 5.61. The number of hydrogen-bond donors (Lipinski definition) is 3. The van der Waals surface area contributed by atoms with Crippen LogP contribution in [0.25, 0.3) is 0 Å². The van der Waals surface area contributed by atoms with E-state index in [9.17, 15) is 14.6 Å². The Morgan fingerprint density at radius 1 is 1.18 bits per heavy atom. The van der Waals surface area contributed by atoms with Gasteiger partial charge >= 0.3 is 7.12 Å². The molecule has 2 aromatic carbocycles. The number of Topliss-reactive ketones (excluding diaryl/α,β-unsaturated/α-hetero) is 2. The van der Waals surface area contributed by atoms with Gasteiger partial charge in [0, 0.05) is 31.7 Å². The Morgan fingerprint density at radius 2 is 1.93 bits per heavy atom. The molecule has 0 aromatic heterocycles. The maximum Gasteiger partial charge on any atom is 0.526 e. The maximum atomic E-state index is 12.6. The van der Waals surface area contributed by atoms with Crippen LogP contribution in [-0.4, -0.2) is 23.7 Å². The fraction of sp³-hybridized carbons (Fsp3) is 0.333. The highest BCUT2D eigenvalue weighted by atomic mass is 16.5. The minimum atomic E-state index is -1.11. The van der Waals surface area contributed by atoms with Crippen LogP contribution in [0.15, 0.2) is 36.4 Å². The number of fused-ring (bicyclic) bond motifs is 1. The molecule has 0 aliphatic carbocycles. The van der Waals surface area contributed by atoms with Crippen molar-refractivity contribution < 1.29 is 19.3 Å². The summed E-state index contributed by atoms with van der Waals surface area (Å²) in [5, 5.41) is 10.4. The van der Waals surface area contributed by atoms with Crippen LogP contribution in [0.5, 0.6) is 5.75 Å². The third kappa shape index (κ3) is 4.33. The topological polar surface area (TPSA) is 116 Å². The molecule has 0 bridgehead atoms. The molecule has 7 heteroatoms. The summed E-state index contributed by atoms with van der Waals surface area (Å²) in [7, 11) is -1.11. The Balaban J connectivity index is 1.70. The van der Waals surface area contributed by atoms with Crippen LogP contribution in [0, 0.1) is 0 Å². The summed E-state index contributed by atoms with van der Waals surface area (Å²) in [5.74, 6) is -0.0202. The molecule has 6 nitrogen and oxygen atoms in total. The highest BCUT2D eigenvalue weighted by Crippen LogP contribution is 2.36. The molecule has 0 amide bonds. The van der Waals surface area contributed by atoms with Crippen LogP contribution < -0.4 is 16.1 Å². The fourth-order valence-electron chi connectivity index (χ4n) is 3.71. The van der Waals surface area contributed by atoms with Gasteiger partial charge in [0.2, 0.25) is 0 Å². The van der Waals surface area contributed by atoms with Crippen LogP contribution in [0.3, 0.4) is 0 Å². The second-order valence-corrected chi connectivity index (χ2v) is 7.25. The number of hydrogen-bond acceptors (Lipinski definition) is 6. The van der Waals surface area contributed by atoms with Gasteiger partial charge in [-0.05, 0) is 41.7 Å². The smallest absolute Gasteiger partial charge is 0.526 e. The molecule has 0 unspecified atom stereocenters. The Labute approximate surface area is 165 Å². The summed E-state index contributed by atoms with van der Waals surface area (Å²) in [5.41, 5.74) is 15.6. The van der Waals surface area contributed by atoms with Crippen LogP contribution in [0.4, 0.5) is 0 Å². The third-order valence-corrected chi connectivity index (χ3v) is 5.20. The summed E-state index contributed by atoms with van der Waals surface area (Å²) in [6.07, 6.45) is 0.951. The van der Waals surface area contributed by atoms with Crippen molar-refractivity contribution in [3.8, 4) is 5.75 Å². The zero-order valence-electron chi connectivity index (χ0n) is 16.0. The van der Waals surface area contributed by atoms with E-state index in [1.807, 2.05) is 24.3 Å². The zero-order chi connectivity index (χ0) is 20.3. The molecule has 1 aliphatic rings. The van der Waals surface area contributed by atoms with Crippen molar-refractivity contribution in [2.24, 2.45) is 11.5 Å². The summed E-state index contributed by atoms with van der Waals surface area (Å²) in [6, 6.07) is 11.1. The predicted molar refractivity (Wildman–Crippen MR) is 108 cm³/mol. The first kappa shape index (κ1) is 20.3. The second-order valence-electron chi connectivity index (χ2n) is 7.25. The summed E-state index contributed by atoms with van der Waals surface area (Å²) >= 11 is 0. The first-order chi connectivity index (χ1) is 13.4. The average molecular weight is 380 g/mol. The lowest BCUT2D eigenvalue weighted by atomic mass is 9.64.